The molecule has 0 aromatic heterocycles. The minimum atomic E-state index is 0. The lowest BCUT2D eigenvalue weighted by Crippen LogP contribution is -2.42. The van der Waals surface area contributed by atoms with Crippen LogP contribution in [0.1, 0.15) is 33.1 Å². The molecule has 24 heavy (non-hydrogen) atoms. The van der Waals surface area contributed by atoms with Crippen molar-refractivity contribution in [1.82, 2.24) is 15.5 Å². The minimum absolute atomic E-state index is 0. The van der Waals surface area contributed by atoms with Crippen LogP contribution in [0.2, 0.25) is 0 Å². The molecule has 0 aromatic rings. The fourth-order valence-corrected chi connectivity index (χ4v) is 2.64. The van der Waals surface area contributed by atoms with E-state index in [1.807, 2.05) is 7.05 Å². The van der Waals surface area contributed by atoms with Gasteiger partial charge in [-0.2, -0.15) is 0 Å². The van der Waals surface area contributed by atoms with Crippen LogP contribution in [0.4, 0.5) is 0 Å². The minimum Gasteiger partial charge on any atom is -0.381 e. The van der Waals surface area contributed by atoms with Crippen molar-refractivity contribution in [2.24, 2.45) is 10.9 Å². The van der Waals surface area contributed by atoms with E-state index in [9.17, 15) is 0 Å². The van der Waals surface area contributed by atoms with Crippen molar-refractivity contribution in [3.8, 4) is 0 Å². The lowest BCUT2D eigenvalue weighted by molar-refractivity contribution is 0.0203. The molecule has 0 amide bonds. The molecule has 1 aliphatic heterocycles. The quantitative estimate of drug-likeness (QED) is 0.216. The van der Waals surface area contributed by atoms with Gasteiger partial charge in [-0.15, -0.1) is 24.0 Å². The second kappa shape index (κ2) is 16.4. The SMILES string of the molecule is CCN(CC)CCNC(=NC)NCCCOCC1CCOCC1.I. The highest BCUT2D eigenvalue weighted by atomic mass is 127. The number of rotatable bonds is 11. The molecular weight excluding hydrogens is 419 g/mol. The first-order valence-corrected chi connectivity index (χ1v) is 9.12. The van der Waals surface area contributed by atoms with Crippen molar-refractivity contribution in [3.05, 3.63) is 0 Å². The molecule has 0 saturated carbocycles. The number of nitrogens with zero attached hydrogens (tertiary/aromatic N) is 2. The van der Waals surface area contributed by atoms with Gasteiger partial charge in [0.05, 0.1) is 0 Å². The smallest absolute Gasteiger partial charge is 0.191 e. The van der Waals surface area contributed by atoms with Gasteiger partial charge in [0.15, 0.2) is 5.96 Å². The lowest BCUT2D eigenvalue weighted by Gasteiger charge is -2.21. The topological polar surface area (TPSA) is 58.1 Å². The second-order valence-corrected chi connectivity index (χ2v) is 5.94. The molecule has 2 N–H and O–H groups in total. The maximum Gasteiger partial charge on any atom is 0.191 e. The fraction of sp³-hybridized carbons (Fsp3) is 0.941. The summed E-state index contributed by atoms with van der Waals surface area (Å²) in [5.41, 5.74) is 0. The van der Waals surface area contributed by atoms with Gasteiger partial charge in [0, 0.05) is 53.1 Å². The summed E-state index contributed by atoms with van der Waals surface area (Å²) in [6.07, 6.45) is 3.28. The highest BCUT2D eigenvalue weighted by molar-refractivity contribution is 14.0. The first kappa shape index (κ1) is 23.9. The summed E-state index contributed by atoms with van der Waals surface area (Å²) in [6.45, 7) is 12.9. The van der Waals surface area contributed by atoms with Crippen LogP contribution in [0.25, 0.3) is 0 Å². The van der Waals surface area contributed by atoms with Gasteiger partial charge in [0.25, 0.3) is 0 Å². The van der Waals surface area contributed by atoms with Gasteiger partial charge in [-0.25, -0.2) is 0 Å². The second-order valence-electron chi connectivity index (χ2n) is 5.94. The number of guanidine groups is 1. The molecule has 1 rings (SSSR count). The van der Waals surface area contributed by atoms with Gasteiger partial charge in [-0.1, -0.05) is 13.8 Å². The molecule has 0 aromatic carbocycles. The molecule has 1 saturated heterocycles. The molecule has 0 bridgehead atoms. The predicted molar refractivity (Wildman–Crippen MR) is 112 cm³/mol. The Labute approximate surface area is 165 Å². The third-order valence-electron chi connectivity index (χ3n) is 4.29. The monoisotopic (exact) mass is 456 g/mol. The average molecular weight is 456 g/mol. The van der Waals surface area contributed by atoms with Crippen LogP contribution >= 0.6 is 24.0 Å². The number of aliphatic imine (C=N–C) groups is 1. The number of likely N-dealkylation sites (N-methyl/N-ethyl adjacent to an activating group) is 1. The number of nitrogens with one attached hydrogen (secondary N) is 2. The number of hydrogen-bond donors (Lipinski definition) is 2. The Morgan fingerprint density at radius 2 is 1.83 bits per heavy atom. The maximum absolute atomic E-state index is 5.77. The van der Waals surface area contributed by atoms with Crippen molar-refractivity contribution in [1.29, 1.82) is 0 Å². The summed E-state index contributed by atoms with van der Waals surface area (Å²) in [6, 6.07) is 0. The molecule has 0 spiro atoms. The maximum atomic E-state index is 5.77. The van der Waals surface area contributed by atoms with Crippen molar-refractivity contribution in [2.75, 3.05) is 66.2 Å². The van der Waals surface area contributed by atoms with Crippen LogP contribution in [0, 0.1) is 5.92 Å². The van der Waals surface area contributed by atoms with E-state index >= 15 is 0 Å². The van der Waals surface area contributed by atoms with Crippen LogP contribution in [0.5, 0.6) is 0 Å². The Balaban J connectivity index is 0.00000529. The Morgan fingerprint density at radius 3 is 2.46 bits per heavy atom. The van der Waals surface area contributed by atoms with Crippen molar-refractivity contribution < 1.29 is 9.47 Å². The third-order valence-corrected chi connectivity index (χ3v) is 4.29. The molecule has 7 heteroatoms. The van der Waals surface area contributed by atoms with Crippen LogP contribution in [-0.2, 0) is 9.47 Å². The van der Waals surface area contributed by atoms with E-state index in [1.165, 1.54) is 0 Å². The lowest BCUT2D eigenvalue weighted by atomic mass is 10.0. The zero-order valence-corrected chi connectivity index (χ0v) is 18.0. The zero-order valence-electron chi connectivity index (χ0n) is 15.7. The molecule has 0 atom stereocenters. The Hall–Kier alpha value is -0.120. The molecule has 0 unspecified atom stereocenters. The van der Waals surface area contributed by atoms with Gasteiger partial charge in [0.1, 0.15) is 0 Å². The molecule has 0 aliphatic carbocycles. The van der Waals surface area contributed by atoms with Gasteiger partial charge < -0.3 is 25.0 Å². The summed E-state index contributed by atoms with van der Waals surface area (Å²) < 4.78 is 11.1. The third kappa shape index (κ3) is 11.4. The Bertz CT molecular complexity index is 309. The van der Waals surface area contributed by atoms with Gasteiger partial charge >= 0.3 is 0 Å². The summed E-state index contributed by atoms with van der Waals surface area (Å²) in [5.74, 6) is 1.56. The van der Waals surface area contributed by atoms with E-state index in [-0.39, 0.29) is 24.0 Å². The van der Waals surface area contributed by atoms with Gasteiger partial charge in [-0.3, -0.25) is 4.99 Å². The van der Waals surface area contributed by atoms with Gasteiger partial charge in [0.2, 0.25) is 0 Å². The summed E-state index contributed by atoms with van der Waals surface area (Å²) >= 11 is 0. The first-order chi connectivity index (χ1) is 11.3. The van der Waals surface area contributed by atoms with E-state index < -0.39 is 0 Å². The Kier molecular flexibility index (Phi) is 16.3. The first-order valence-electron chi connectivity index (χ1n) is 9.12. The zero-order chi connectivity index (χ0) is 16.8. The molecule has 6 nitrogen and oxygen atoms in total. The van der Waals surface area contributed by atoms with Crippen LogP contribution in [0.15, 0.2) is 4.99 Å². The van der Waals surface area contributed by atoms with Gasteiger partial charge in [-0.05, 0) is 38.3 Å². The molecule has 0 radical (unpaired) electrons. The van der Waals surface area contributed by atoms with E-state index in [0.717, 1.165) is 84.4 Å². The Morgan fingerprint density at radius 1 is 1.17 bits per heavy atom. The van der Waals surface area contributed by atoms with Crippen LogP contribution in [-0.4, -0.2) is 77.1 Å². The summed E-state index contributed by atoms with van der Waals surface area (Å²) in [7, 11) is 1.81. The predicted octanol–water partition coefficient (Wildman–Crippen LogP) is 1.94. The number of ether oxygens (including phenoxy) is 2. The average Bonchev–Trinajstić information content (AvgIpc) is 2.60. The highest BCUT2D eigenvalue weighted by Gasteiger charge is 2.13. The number of hydrogen-bond acceptors (Lipinski definition) is 4. The molecule has 1 aliphatic rings. The molecule has 144 valence electrons. The molecular formula is C17H37IN4O2. The summed E-state index contributed by atoms with van der Waals surface area (Å²) in [5, 5.41) is 6.69. The molecule has 1 heterocycles. The van der Waals surface area contributed by atoms with Crippen molar-refractivity contribution in [3.63, 3.8) is 0 Å². The largest absolute Gasteiger partial charge is 0.381 e. The van der Waals surface area contributed by atoms with E-state index in [0.29, 0.717) is 5.92 Å². The van der Waals surface area contributed by atoms with E-state index in [1.54, 1.807) is 0 Å². The standard InChI is InChI=1S/C17H36N4O2.HI/c1-4-21(5-2)11-10-20-17(18-3)19-9-6-12-23-15-16-7-13-22-14-8-16;/h16H,4-15H2,1-3H3,(H2,18,19,20);1H. The van der Waals surface area contributed by atoms with Crippen molar-refractivity contribution in [2.45, 2.75) is 33.1 Å². The van der Waals surface area contributed by atoms with Crippen LogP contribution in [0.3, 0.4) is 0 Å². The fourth-order valence-electron chi connectivity index (χ4n) is 2.64. The summed E-state index contributed by atoms with van der Waals surface area (Å²) in [4.78, 5) is 6.64. The van der Waals surface area contributed by atoms with Crippen molar-refractivity contribution >= 4 is 29.9 Å². The van der Waals surface area contributed by atoms with E-state index in [4.69, 9.17) is 9.47 Å². The number of halogens is 1. The normalized spacial score (nSPS) is 16.1. The van der Waals surface area contributed by atoms with E-state index in [2.05, 4.69) is 34.4 Å². The van der Waals surface area contributed by atoms with Crippen LogP contribution < -0.4 is 10.6 Å². The molecule has 1 fully saturated rings. The highest BCUT2D eigenvalue weighted by Crippen LogP contribution is 2.14.